The predicted molar refractivity (Wildman–Crippen MR) is 54.3 cm³/mol. The minimum atomic E-state index is -2.82. The highest BCUT2D eigenvalue weighted by atomic mass is 19.3. The number of aromatic nitrogens is 4. The van der Waals surface area contributed by atoms with Gasteiger partial charge in [0.1, 0.15) is 0 Å². The fourth-order valence-corrected chi connectivity index (χ4v) is 1.28. The van der Waals surface area contributed by atoms with Gasteiger partial charge in [-0.15, -0.1) is 4.80 Å². The van der Waals surface area contributed by atoms with E-state index in [0.717, 1.165) is 17.1 Å². The van der Waals surface area contributed by atoms with E-state index in [0.29, 0.717) is 0 Å². The van der Waals surface area contributed by atoms with Gasteiger partial charge in [-0.05, 0) is 6.07 Å². The maximum absolute atomic E-state index is 12.9. The SMILES string of the molecule is NC(=O)Oc1cnc(-n2nccn2)c(C(F)F)c1. The van der Waals surface area contributed by atoms with Gasteiger partial charge in [0.15, 0.2) is 11.6 Å². The van der Waals surface area contributed by atoms with E-state index in [1.165, 1.54) is 12.4 Å². The molecule has 94 valence electrons. The van der Waals surface area contributed by atoms with E-state index in [1.807, 2.05) is 0 Å². The predicted octanol–water partition coefficient (Wildman–Crippen LogP) is 1.06. The Labute approximate surface area is 99.2 Å². The summed E-state index contributed by atoms with van der Waals surface area (Å²) in [6.45, 7) is 0. The van der Waals surface area contributed by atoms with Crippen molar-refractivity contribution in [3.05, 3.63) is 30.2 Å². The number of alkyl halides is 2. The maximum atomic E-state index is 12.9. The van der Waals surface area contributed by atoms with Gasteiger partial charge in [-0.1, -0.05) is 0 Å². The highest BCUT2D eigenvalue weighted by Crippen LogP contribution is 2.27. The number of pyridine rings is 1. The number of nitrogens with two attached hydrogens (primary N) is 1. The van der Waals surface area contributed by atoms with Crippen LogP contribution in [0.2, 0.25) is 0 Å². The largest absolute Gasteiger partial charge is 0.410 e. The summed E-state index contributed by atoms with van der Waals surface area (Å²) < 4.78 is 30.2. The molecule has 0 aliphatic heterocycles. The Hall–Kier alpha value is -2.58. The molecule has 9 heteroatoms. The van der Waals surface area contributed by atoms with Gasteiger partial charge in [0.2, 0.25) is 0 Å². The molecule has 1 amide bonds. The zero-order chi connectivity index (χ0) is 13.1. The van der Waals surface area contributed by atoms with Crippen molar-refractivity contribution >= 4 is 6.09 Å². The molecule has 0 aromatic carbocycles. The zero-order valence-corrected chi connectivity index (χ0v) is 8.83. The lowest BCUT2D eigenvalue weighted by Gasteiger charge is -2.08. The molecule has 2 aromatic heterocycles. The molecule has 0 saturated heterocycles. The molecule has 2 heterocycles. The van der Waals surface area contributed by atoms with Crippen LogP contribution in [0.3, 0.4) is 0 Å². The number of rotatable bonds is 3. The average molecular weight is 255 g/mol. The third kappa shape index (κ3) is 2.39. The molecule has 0 radical (unpaired) electrons. The van der Waals surface area contributed by atoms with E-state index >= 15 is 0 Å². The molecule has 2 N–H and O–H groups in total. The van der Waals surface area contributed by atoms with Crippen molar-refractivity contribution < 1.29 is 18.3 Å². The number of ether oxygens (including phenoxy) is 1. The second-order valence-electron chi connectivity index (χ2n) is 3.12. The minimum absolute atomic E-state index is 0.146. The number of amides is 1. The first-order valence-electron chi connectivity index (χ1n) is 4.70. The Morgan fingerprint density at radius 3 is 2.61 bits per heavy atom. The van der Waals surface area contributed by atoms with Crippen molar-refractivity contribution in [3.8, 4) is 11.6 Å². The lowest BCUT2D eigenvalue weighted by Crippen LogP contribution is -2.17. The number of carbonyl (C=O) groups excluding carboxylic acids is 1. The van der Waals surface area contributed by atoms with Gasteiger partial charge < -0.3 is 10.5 Å². The summed E-state index contributed by atoms with van der Waals surface area (Å²) in [5.41, 5.74) is 4.31. The number of hydrogen-bond acceptors (Lipinski definition) is 5. The third-order valence-electron chi connectivity index (χ3n) is 1.93. The van der Waals surface area contributed by atoms with E-state index < -0.39 is 18.1 Å². The Bertz CT molecular complexity index is 558. The average Bonchev–Trinajstić information content (AvgIpc) is 2.81. The first kappa shape index (κ1) is 11.9. The monoisotopic (exact) mass is 255 g/mol. The summed E-state index contributed by atoms with van der Waals surface area (Å²) >= 11 is 0. The minimum Gasteiger partial charge on any atom is -0.409 e. The van der Waals surface area contributed by atoms with Gasteiger partial charge in [0.25, 0.3) is 6.43 Å². The van der Waals surface area contributed by atoms with Gasteiger partial charge in [0, 0.05) is 0 Å². The maximum Gasteiger partial charge on any atom is 0.410 e. The quantitative estimate of drug-likeness (QED) is 0.884. The van der Waals surface area contributed by atoms with Crippen molar-refractivity contribution in [1.29, 1.82) is 0 Å². The van der Waals surface area contributed by atoms with Crippen LogP contribution < -0.4 is 10.5 Å². The second-order valence-corrected chi connectivity index (χ2v) is 3.12. The van der Waals surface area contributed by atoms with Gasteiger partial charge in [-0.25, -0.2) is 18.6 Å². The van der Waals surface area contributed by atoms with Crippen LogP contribution in [0.4, 0.5) is 13.6 Å². The van der Waals surface area contributed by atoms with Crippen LogP contribution >= 0.6 is 0 Å². The third-order valence-corrected chi connectivity index (χ3v) is 1.93. The molecule has 2 aromatic rings. The highest BCUT2D eigenvalue weighted by molar-refractivity contribution is 5.68. The summed E-state index contributed by atoms with van der Waals surface area (Å²) in [6, 6.07) is 0.959. The fourth-order valence-electron chi connectivity index (χ4n) is 1.28. The molecule has 2 rings (SSSR count). The number of hydrogen-bond donors (Lipinski definition) is 1. The Morgan fingerprint density at radius 2 is 2.06 bits per heavy atom. The number of nitrogens with zero attached hydrogens (tertiary/aromatic N) is 4. The van der Waals surface area contributed by atoms with E-state index in [1.54, 1.807) is 0 Å². The summed E-state index contributed by atoms with van der Waals surface area (Å²) in [6.07, 6.45) is -0.206. The summed E-state index contributed by atoms with van der Waals surface area (Å²) in [5.74, 6) is -0.319. The van der Waals surface area contributed by atoms with Crippen molar-refractivity contribution in [2.45, 2.75) is 6.43 Å². The topological polar surface area (TPSA) is 95.9 Å². The summed E-state index contributed by atoms with van der Waals surface area (Å²) in [4.78, 5) is 15.2. The first-order chi connectivity index (χ1) is 8.58. The van der Waals surface area contributed by atoms with Crippen molar-refractivity contribution in [2.75, 3.05) is 0 Å². The van der Waals surface area contributed by atoms with E-state index in [2.05, 4.69) is 19.9 Å². The Morgan fingerprint density at radius 1 is 1.39 bits per heavy atom. The molecular formula is C9H7F2N5O2. The number of halogens is 2. The van der Waals surface area contributed by atoms with Crippen LogP contribution in [0.1, 0.15) is 12.0 Å². The zero-order valence-electron chi connectivity index (χ0n) is 8.83. The summed E-state index contributed by atoms with van der Waals surface area (Å²) in [5, 5.41) is 7.39. The number of carbonyl (C=O) groups is 1. The lowest BCUT2D eigenvalue weighted by molar-refractivity contribution is 0.149. The van der Waals surface area contributed by atoms with E-state index in [9.17, 15) is 13.6 Å². The molecule has 0 spiro atoms. The van der Waals surface area contributed by atoms with Crippen LogP contribution in [0.5, 0.6) is 5.75 Å². The van der Waals surface area contributed by atoms with Crippen molar-refractivity contribution in [1.82, 2.24) is 20.0 Å². The summed E-state index contributed by atoms with van der Waals surface area (Å²) in [7, 11) is 0. The van der Waals surface area contributed by atoms with E-state index in [-0.39, 0.29) is 11.6 Å². The Kier molecular flexibility index (Phi) is 3.13. The Balaban J connectivity index is 2.45. The van der Waals surface area contributed by atoms with Gasteiger partial charge >= 0.3 is 6.09 Å². The standard InChI is InChI=1S/C9H7F2N5O2/c10-7(11)6-3-5(18-9(12)17)4-13-8(6)16-14-1-2-15-16/h1-4,7H,(H2,12,17). The van der Waals surface area contributed by atoms with Crippen molar-refractivity contribution in [3.63, 3.8) is 0 Å². The molecule has 7 nitrogen and oxygen atoms in total. The molecule has 0 atom stereocenters. The molecule has 0 saturated carbocycles. The molecule has 0 fully saturated rings. The molecule has 0 bridgehead atoms. The second kappa shape index (κ2) is 4.73. The normalized spacial score (nSPS) is 10.6. The van der Waals surface area contributed by atoms with Gasteiger partial charge in [-0.3, -0.25) is 0 Å². The van der Waals surface area contributed by atoms with Crippen LogP contribution in [-0.2, 0) is 0 Å². The molecule has 18 heavy (non-hydrogen) atoms. The van der Waals surface area contributed by atoms with Crippen molar-refractivity contribution in [2.24, 2.45) is 5.73 Å². The molecule has 0 aliphatic carbocycles. The first-order valence-corrected chi connectivity index (χ1v) is 4.70. The number of primary amides is 1. The van der Waals surface area contributed by atoms with Crippen LogP contribution in [0.25, 0.3) is 5.82 Å². The highest BCUT2D eigenvalue weighted by Gasteiger charge is 2.18. The van der Waals surface area contributed by atoms with Crippen LogP contribution in [0.15, 0.2) is 24.7 Å². The van der Waals surface area contributed by atoms with Gasteiger partial charge in [-0.2, -0.15) is 10.2 Å². The fraction of sp³-hybridized carbons (Fsp3) is 0.111. The molecule has 0 aliphatic rings. The molecule has 0 unspecified atom stereocenters. The van der Waals surface area contributed by atoms with Crippen LogP contribution in [0, 0.1) is 0 Å². The van der Waals surface area contributed by atoms with Crippen LogP contribution in [-0.4, -0.2) is 26.1 Å². The van der Waals surface area contributed by atoms with E-state index in [4.69, 9.17) is 5.73 Å². The smallest absolute Gasteiger partial charge is 0.409 e. The molecular weight excluding hydrogens is 248 g/mol. The van der Waals surface area contributed by atoms with Gasteiger partial charge in [0.05, 0.1) is 24.2 Å². The lowest BCUT2D eigenvalue weighted by atomic mass is 10.2.